The molecule has 1 rings (SSSR count). The smallest absolute Gasteiger partial charge is 0.380 e. The molecule has 1 aromatic rings. The first-order valence-electron chi connectivity index (χ1n) is 5.83. The van der Waals surface area contributed by atoms with E-state index in [0.717, 1.165) is 5.69 Å². The topological polar surface area (TPSA) is 34.1 Å². The van der Waals surface area contributed by atoms with Crippen LogP contribution in [0.4, 0.5) is 13.2 Å². The van der Waals surface area contributed by atoms with Crippen molar-refractivity contribution >= 4 is 0 Å². The second-order valence-corrected chi connectivity index (χ2v) is 3.83. The molecule has 6 heteroatoms. The van der Waals surface area contributed by atoms with E-state index in [-0.39, 0.29) is 13.0 Å². The fourth-order valence-electron chi connectivity index (χ4n) is 1.34. The molecule has 0 fully saturated rings. The molecule has 102 valence electrons. The third kappa shape index (κ3) is 8.03. The second-order valence-electron chi connectivity index (χ2n) is 3.83. The van der Waals surface area contributed by atoms with Crippen LogP contribution >= 0.6 is 0 Å². The number of rotatable bonds is 8. The summed E-state index contributed by atoms with van der Waals surface area (Å²) in [7, 11) is 0. The number of nitrogens with one attached hydrogen (secondary N) is 1. The summed E-state index contributed by atoms with van der Waals surface area (Å²) in [4.78, 5) is 4.12. The van der Waals surface area contributed by atoms with Crippen LogP contribution in [0.5, 0.6) is 0 Å². The van der Waals surface area contributed by atoms with E-state index in [2.05, 4.69) is 10.3 Å². The standard InChI is InChI=1S/C12H17F3N2O/c13-12(14,15)5-3-8-18-9-7-16-10-11-4-1-2-6-17-11/h1-2,4,6,16H,3,5,7-10H2. The van der Waals surface area contributed by atoms with Crippen LogP contribution in [-0.4, -0.2) is 30.9 Å². The second kappa shape index (κ2) is 8.05. The largest absolute Gasteiger partial charge is 0.389 e. The molecule has 0 aliphatic heterocycles. The number of aromatic nitrogens is 1. The molecule has 0 amide bonds. The normalized spacial score (nSPS) is 11.7. The summed E-state index contributed by atoms with van der Waals surface area (Å²) in [5, 5.41) is 3.10. The van der Waals surface area contributed by atoms with Crippen molar-refractivity contribution in [3.8, 4) is 0 Å². The third-order valence-electron chi connectivity index (χ3n) is 2.20. The van der Waals surface area contributed by atoms with Gasteiger partial charge in [-0.3, -0.25) is 4.98 Å². The van der Waals surface area contributed by atoms with Crippen molar-refractivity contribution in [3.05, 3.63) is 30.1 Å². The first-order valence-corrected chi connectivity index (χ1v) is 5.83. The lowest BCUT2D eigenvalue weighted by atomic mass is 10.3. The van der Waals surface area contributed by atoms with Gasteiger partial charge in [0.1, 0.15) is 0 Å². The molecule has 1 N–H and O–H groups in total. The molecule has 3 nitrogen and oxygen atoms in total. The molecule has 0 atom stereocenters. The molecule has 0 aliphatic rings. The van der Waals surface area contributed by atoms with E-state index in [0.29, 0.717) is 19.7 Å². The molecule has 0 spiro atoms. The van der Waals surface area contributed by atoms with Gasteiger partial charge in [0.2, 0.25) is 0 Å². The van der Waals surface area contributed by atoms with Crippen LogP contribution in [0.3, 0.4) is 0 Å². The monoisotopic (exact) mass is 262 g/mol. The van der Waals surface area contributed by atoms with E-state index < -0.39 is 12.6 Å². The first kappa shape index (κ1) is 14.9. The van der Waals surface area contributed by atoms with Gasteiger partial charge < -0.3 is 10.1 Å². The van der Waals surface area contributed by atoms with Crippen LogP contribution in [0.25, 0.3) is 0 Å². The molecule has 0 bridgehead atoms. The van der Waals surface area contributed by atoms with Gasteiger partial charge in [0.05, 0.1) is 12.3 Å². The summed E-state index contributed by atoms with van der Waals surface area (Å²) < 4.78 is 40.5. The molecule has 18 heavy (non-hydrogen) atoms. The van der Waals surface area contributed by atoms with Crippen LogP contribution in [0, 0.1) is 0 Å². The maximum Gasteiger partial charge on any atom is 0.389 e. The van der Waals surface area contributed by atoms with Gasteiger partial charge in [-0.2, -0.15) is 13.2 Å². The van der Waals surface area contributed by atoms with Crippen LogP contribution in [0.15, 0.2) is 24.4 Å². The Morgan fingerprint density at radius 1 is 1.22 bits per heavy atom. The van der Waals surface area contributed by atoms with Gasteiger partial charge in [-0.1, -0.05) is 6.07 Å². The van der Waals surface area contributed by atoms with Gasteiger partial charge in [0, 0.05) is 32.3 Å². The van der Waals surface area contributed by atoms with Crippen LogP contribution in [-0.2, 0) is 11.3 Å². The SMILES string of the molecule is FC(F)(F)CCCOCCNCc1ccccn1. The Balaban J connectivity index is 1.90. The molecule has 0 aliphatic carbocycles. The summed E-state index contributed by atoms with van der Waals surface area (Å²) in [6.45, 7) is 1.78. The molecule has 1 heterocycles. The van der Waals surface area contributed by atoms with Crippen molar-refractivity contribution < 1.29 is 17.9 Å². The van der Waals surface area contributed by atoms with E-state index >= 15 is 0 Å². The van der Waals surface area contributed by atoms with Gasteiger partial charge in [-0.15, -0.1) is 0 Å². The zero-order valence-corrected chi connectivity index (χ0v) is 10.0. The minimum absolute atomic E-state index is 0.0176. The molecule has 0 radical (unpaired) electrons. The molecule has 0 saturated heterocycles. The minimum Gasteiger partial charge on any atom is -0.380 e. The number of hydrogen-bond acceptors (Lipinski definition) is 3. The Bertz CT molecular complexity index is 317. The summed E-state index contributed by atoms with van der Waals surface area (Å²) in [6, 6.07) is 5.64. The Morgan fingerprint density at radius 3 is 2.72 bits per heavy atom. The summed E-state index contributed by atoms with van der Waals surface area (Å²) in [6.07, 6.45) is -3.14. The summed E-state index contributed by atoms with van der Waals surface area (Å²) in [5.74, 6) is 0. The van der Waals surface area contributed by atoms with E-state index in [1.165, 1.54) is 0 Å². The lowest BCUT2D eigenvalue weighted by Gasteiger charge is -2.07. The van der Waals surface area contributed by atoms with Crippen molar-refractivity contribution in [1.29, 1.82) is 0 Å². The fraction of sp³-hybridized carbons (Fsp3) is 0.583. The highest BCUT2D eigenvalue weighted by Crippen LogP contribution is 2.20. The maximum absolute atomic E-state index is 11.8. The molecular weight excluding hydrogens is 245 g/mol. The average Bonchev–Trinajstić information content (AvgIpc) is 2.32. The van der Waals surface area contributed by atoms with Crippen LogP contribution in [0.1, 0.15) is 18.5 Å². The Labute approximate surface area is 104 Å². The summed E-state index contributed by atoms with van der Waals surface area (Å²) >= 11 is 0. The Hall–Kier alpha value is -1.14. The summed E-state index contributed by atoms with van der Waals surface area (Å²) in [5.41, 5.74) is 0.926. The highest BCUT2D eigenvalue weighted by atomic mass is 19.4. The molecular formula is C12H17F3N2O. The number of halogens is 3. The Morgan fingerprint density at radius 2 is 2.06 bits per heavy atom. The predicted octanol–water partition coefficient (Wildman–Crippen LogP) is 2.53. The van der Waals surface area contributed by atoms with Crippen molar-refractivity contribution in [2.24, 2.45) is 0 Å². The highest BCUT2D eigenvalue weighted by Gasteiger charge is 2.25. The number of nitrogens with zero attached hydrogens (tertiary/aromatic N) is 1. The lowest BCUT2D eigenvalue weighted by Crippen LogP contribution is -2.20. The van der Waals surface area contributed by atoms with E-state index in [1.807, 2.05) is 18.2 Å². The Kier molecular flexibility index (Phi) is 6.67. The van der Waals surface area contributed by atoms with Crippen LogP contribution in [0.2, 0.25) is 0 Å². The number of hydrogen-bond donors (Lipinski definition) is 1. The van der Waals surface area contributed by atoms with Crippen LogP contribution < -0.4 is 5.32 Å². The lowest BCUT2D eigenvalue weighted by molar-refractivity contribution is -0.137. The molecule has 0 unspecified atom stereocenters. The number of ether oxygens (including phenoxy) is 1. The quantitative estimate of drug-likeness (QED) is 0.731. The van der Waals surface area contributed by atoms with Crippen molar-refractivity contribution in [2.45, 2.75) is 25.6 Å². The van der Waals surface area contributed by atoms with Crippen molar-refractivity contribution in [2.75, 3.05) is 19.8 Å². The molecule has 0 aromatic carbocycles. The fourth-order valence-corrected chi connectivity index (χ4v) is 1.34. The third-order valence-corrected chi connectivity index (χ3v) is 2.20. The van der Waals surface area contributed by atoms with E-state index in [9.17, 15) is 13.2 Å². The van der Waals surface area contributed by atoms with Gasteiger partial charge in [-0.05, 0) is 18.6 Å². The van der Waals surface area contributed by atoms with Gasteiger partial charge in [0.15, 0.2) is 0 Å². The number of alkyl halides is 3. The van der Waals surface area contributed by atoms with Gasteiger partial charge in [0.25, 0.3) is 0 Å². The van der Waals surface area contributed by atoms with Crippen molar-refractivity contribution in [1.82, 2.24) is 10.3 Å². The molecule has 1 aromatic heterocycles. The zero-order valence-electron chi connectivity index (χ0n) is 10.0. The van der Waals surface area contributed by atoms with E-state index in [1.54, 1.807) is 6.20 Å². The maximum atomic E-state index is 11.8. The number of pyridine rings is 1. The average molecular weight is 262 g/mol. The predicted molar refractivity (Wildman–Crippen MR) is 62.1 cm³/mol. The van der Waals surface area contributed by atoms with Crippen molar-refractivity contribution in [3.63, 3.8) is 0 Å². The minimum atomic E-state index is -4.08. The van der Waals surface area contributed by atoms with Gasteiger partial charge in [-0.25, -0.2) is 0 Å². The van der Waals surface area contributed by atoms with Gasteiger partial charge >= 0.3 is 6.18 Å². The molecule has 0 saturated carbocycles. The zero-order chi connectivity index (χ0) is 13.3. The first-order chi connectivity index (χ1) is 8.58. The van der Waals surface area contributed by atoms with E-state index in [4.69, 9.17) is 4.74 Å². The highest BCUT2D eigenvalue weighted by molar-refractivity contribution is 5.02.